The van der Waals surface area contributed by atoms with E-state index in [2.05, 4.69) is 5.90 Å². The Morgan fingerprint density at radius 1 is 1.00 bits per heavy atom. The van der Waals surface area contributed by atoms with E-state index in [1.54, 1.807) is 24.3 Å². The second-order valence-electron chi connectivity index (χ2n) is 1.34. The molecule has 4 N–H and O–H groups in total. The van der Waals surface area contributed by atoms with Crippen LogP contribution in [0.2, 0.25) is 0 Å². The van der Waals surface area contributed by atoms with Gasteiger partial charge in [-0.05, 0) is 12.1 Å². The lowest BCUT2D eigenvalue weighted by molar-refractivity contribution is 0.311. The lowest BCUT2D eigenvalue weighted by atomic mass is 10.3. The third-order valence-electron chi connectivity index (χ3n) is 0.756. The summed E-state index contributed by atoms with van der Waals surface area (Å²) >= 11 is 0. The van der Waals surface area contributed by atoms with Crippen LogP contribution in [0, 0.1) is 0 Å². The predicted octanol–water partition coefficient (Wildman–Crippen LogP) is 1.30. The molecule has 0 atom stereocenters. The number of phenols is 1. The van der Waals surface area contributed by atoms with E-state index in [9.17, 15) is 0 Å². The lowest BCUT2D eigenvalue weighted by Gasteiger charge is -1.82. The Hall–Kier alpha value is -0.580. The molecule has 0 heterocycles. The molecule has 0 bridgehead atoms. The SMILES string of the molecule is Br.NO.Oc1ccccc1. The minimum atomic E-state index is 0. The van der Waals surface area contributed by atoms with Crippen LogP contribution in [0.15, 0.2) is 30.3 Å². The molecule has 58 valence electrons. The Kier molecular flexibility index (Phi) is 10.2. The Balaban J connectivity index is 0. The van der Waals surface area contributed by atoms with Gasteiger partial charge in [0.25, 0.3) is 0 Å². The van der Waals surface area contributed by atoms with Crippen LogP contribution >= 0.6 is 17.0 Å². The Labute approximate surface area is 69.8 Å². The van der Waals surface area contributed by atoms with Gasteiger partial charge < -0.3 is 10.3 Å². The molecule has 0 aliphatic rings. The van der Waals surface area contributed by atoms with Crippen LogP contribution in [0.3, 0.4) is 0 Å². The Morgan fingerprint density at radius 3 is 1.60 bits per heavy atom. The van der Waals surface area contributed by atoms with Crippen LogP contribution in [0.1, 0.15) is 0 Å². The zero-order chi connectivity index (χ0) is 7.11. The van der Waals surface area contributed by atoms with E-state index >= 15 is 0 Å². The number of para-hydroxylation sites is 1. The third-order valence-corrected chi connectivity index (χ3v) is 0.756. The molecule has 0 saturated heterocycles. The first-order chi connectivity index (χ1) is 4.39. The van der Waals surface area contributed by atoms with Crippen molar-refractivity contribution in [2.45, 2.75) is 0 Å². The summed E-state index contributed by atoms with van der Waals surface area (Å²) in [6.45, 7) is 0. The molecular weight excluding hydrogens is 198 g/mol. The molecule has 3 nitrogen and oxygen atoms in total. The van der Waals surface area contributed by atoms with Crippen molar-refractivity contribution >= 4 is 17.0 Å². The number of benzene rings is 1. The number of phenolic OH excluding ortho intramolecular Hbond substituents is 1. The van der Waals surface area contributed by atoms with Crippen molar-refractivity contribution in [3.63, 3.8) is 0 Å². The topological polar surface area (TPSA) is 66.5 Å². The van der Waals surface area contributed by atoms with E-state index in [1.807, 2.05) is 6.07 Å². The normalized spacial score (nSPS) is 6.60. The quantitative estimate of drug-likeness (QED) is 0.563. The average Bonchev–Trinajstić information content (AvgIpc) is 1.94. The largest absolute Gasteiger partial charge is 0.508 e. The third kappa shape index (κ3) is 5.55. The van der Waals surface area contributed by atoms with Gasteiger partial charge in [0.05, 0.1) is 0 Å². The number of hydrogen-bond acceptors (Lipinski definition) is 3. The molecule has 0 aromatic heterocycles. The summed E-state index contributed by atoms with van der Waals surface area (Å²) in [5.74, 6) is 3.82. The molecule has 4 heteroatoms. The zero-order valence-electron chi connectivity index (χ0n) is 5.27. The van der Waals surface area contributed by atoms with Crippen LogP contribution < -0.4 is 5.90 Å². The fraction of sp³-hybridized carbons (Fsp3) is 0. The first kappa shape index (κ1) is 12.1. The van der Waals surface area contributed by atoms with E-state index < -0.39 is 0 Å². The smallest absolute Gasteiger partial charge is 0.115 e. The molecule has 1 aromatic rings. The van der Waals surface area contributed by atoms with Gasteiger partial charge >= 0.3 is 0 Å². The highest BCUT2D eigenvalue weighted by atomic mass is 79.9. The number of halogens is 1. The maximum atomic E-state index is 8.63. The van der Waals surface area contributed by atoms with Crippen molar-refractivity contribution in [1.29, 1.82) is 0 Å². The summed E-state index contributed by atoms with van der Waals surface area (Å²) in [5.41, 5.74) is 0. The van der Waals surface area contributed by atoms with Gasteiger partial charge in [-0.3, -0.25) is 0 Å². The van der Waals surface area contributed by atoms with Crippen LogP contribution in [0.25, 0.3) is 0 Å². The maximum Gasteiger partial charge on any atom is 0.115 e. The van der Waals surface area contributed by atoms with Crippen LogP contribution in [-0.4, -0.2) is 10.3 Å². The number of hydrogen-bond donors (Lipinski definition) is 3. The molecular formula is C6H10BrNO2. The molecule has 0 aliphatic heterocycles. The fourth-order valence-corrected chi connectivity index (χ4v) is 0.428. The summed E-state index contributed by atoms with van der Waals surface area (Å²) in [6.07, 6.45) is 0. The fourth-order valence-electron chi connectivity index (χ4n) is 0.428. The first-order valence-electron chi connectivity index (χ1n) is 2.39. The van der Waals surface area contributed by atoms with Gasteiger partial charge in [-0.1, -0.05) is 18.2 Å². The highest BCUT2D eigenvalue weighted by Crippen LogP contribution is 2.02. The first-order valence-corrected chi connectivity index (χ1v) is 2.39. The standard InChI is InChI=1S/C6H6O.BrH.H3NO/c7-6-4-2-1-3-5-6;;1-2/h1-5,7H;1H;2H,1H2. The van der Waals surface area contributed by atoms with E-state index in [-0.39, 0.29) is 17.0 Å². The summed E-state index contributed by atoms with van der Waals surface area (Å²) in [7, 11) is 0. The monoisotopic (exact) mass is 207 g/mol. The second-order valence-corrected chi connectivity index (χ2v) is 1.34. The molecule has 0 unspecified atom stereocenters. The molecule has 1 rings (SSSR count). The summed E-state index contributed by atoms with van der Waals surface area (Å²) in [5, 5.41) is 15.1. The average molecular weight is 208 g/mol. The second kappa shape index (κ2) is 8.42. The molecule has 0 radical (unpaired) electrons. The molecule has 0 spiro atoms. The number of nitrogens with two attached hydrogens (primary N) is 1. The highest BCUT2D eigenvalue weighted by molar-refractivity contribution is 8.93. The lowest BCUT2D eigenvalue weighted by Crippen LogP contribution is -1.72. The van der Waals surface area contributed by atoms with E-state index in [4.69, 9.17) is 10.3 Å². The van der Waals surface area contributed by atoms with Gasteiger partial charge in [-0.25, -0.2) is 5.90 Å². The highest BCUT2D eigenvalue weighted by Gasteiger charge is 1.74. The molecule has 1 aromatic carbocycles. The van der Waals surface area contributed by atoms with Crippen molar-refractivity contribution in [2.75, 3.05) is 0 Å². The van der Waals surface area contributed by atoms with Gasteiger partial charge in [0.15, 0.2) is 0 Å². The van der Waals surface area contributed by atoms with Gasteiger partial charge in [-0.2, -0.15) is 0 Å². The van der Waals surface area contributed by atoms with Crippen LogP contribution in [-0.2, 0) is 0 Å². The zero-order valence-corrected chi connectivity index (χ0v) is 6.98. The number of aromatic hydroxyl groups is 1. The van der Waals surface area contributed by atoms with E-state index in [0.29, 0.717) is 5.75 Å². The van der Waals surface area contributed by atoms with E-state index in [0.717, 1.165) is 0 Å². The summed E-state index contributed by atoms with van der Waals surface area (Å²) in [4.78, 5) is 0. The predicted molar refractivity (Wildman–Crippen MR) is 44.4 cm³/mol. The number of rotatable bonds is 0. The van der Waals surface area contributed by atoms with E-state index in [1.165, 1.54) is 0 Å². The molecule has 10 heavy (non-hydrogen) atoms. The van der Waals surface area contributed by atoms with Gasteiger partial charge in [0.2, 0.25) is 0 Å². The van der Waals surface area contributed by atoms with Crippen LogP contribution in [0.5, 0.6) is 5.75 Å². The molecule has 0 saturated carbocycles. The molecule has 0 amide bonds. The minimum Gasteiger partial charge on any atom is -0.508 e. The maximum absolute atomic E-state index is 8.63. The molecule has 0 aliphatic carbocycles. The van der Waals surface area contributed by atoms with Gasteiger partial charge in [0, 0.05) is 0 Å². The molecule has 0 fully saturated rings. The van der Waals surface area contributed by atoms with Crippen molar-refractivity contribution in [3.05, 3.63) is 30.3 Å². The summed E-state index contributed by atoms with van der Waals surface area (Å²) in [6, 6.07) is 8.71. The van der Waals surface area contributed by atoms with Gasteiger partial charge in [0.1, 0.15) is 5.75 Å². The summed E-state index contributed by atoms with van der Waals surface area (Å²) < 4.78 is 0. The minimum absolute atomic E-state index is 0. The Bertz CT molecular complexity index is 146. The van der Waals surface area contributed by atoms with Crippen molar-refractivity contribution in [2.24, 2.45) is 5.90 Å². The van der Waals surface area contributed by atoms with Crippen molar-refractivity contribution in [1.82, 2.24) is 0 Å². The van der Waals surface area contributed by atoms with Crippen LogP contribution in [0.4, 0.5) is 0 Å². The van der Waals surface area contributed by atoms with Gasteiger partial charge in [-0.15, -0.1) is 17.0 Å². The van der Waals surface area contributed by atoms with Crippen molar-refractivity contribution in [3.8, 4) is 5.75 Å². The Morgan fingerprint density at radius 2 is 1.40 bits per heavy atom. The van der Waals surface area contributed by atoms with Crippen molar-refractivity contribution < 1.29 is 10.3 Å².